The maximum atomic E-state index is 13.6. The fraction of sp³-hybridized carbons (Fsp3) is 0.143. The molecule has 0 aliphatic heterocycles. The first-order chi connectivity index (χ1) is 8.69. The van der Waals surface area contributed by atoms with Crippen LogP contribution in [0.15, 0.2) is 47.4 Å². The summed E-state index contributed by atoms with van der Waals surface area (Å²) in [5.74, 6) is 0.398. The number of halogens is 2. The van der Waals surface area contributed by atoms with Crippen molar-refractivity contribution in [3.8, 4) is 0 Å². The Hall–Kier alpha value is -1.03. The third-order valence-corrected chi connectivity index (χ3v) is 3.87. The molecule has 0 saturated heterocycles. The second-order valence-electron chi connectivity index (χ2n) is 3.87. The van der Waals surface area contributed by atoms with E-state index >= 15 is 0 Å². The summed E-state index contributed by atoms with van der Waals surface area (Å²) < 4.78 is 13.6. The quantitative estimate of drug-likeness (QED) is 0.849. The number of hydrogen-bond donors (Lipinski definition) is 1. The van der Waals surface area contributed by atoms with E-state index in [1.165, 1.54) is 6.07 Å². The van der Waals surface area contributed by atoms with Crippen LogP contribution in [0.25, 0.3) is 0 Å². The predicted octanol–water partition coefficient (Wildman–Crippen LogP) is 4.23. The lowest BCUT2D eigenvalue weighted by atomic mass is 10.1. The van der Waals surface area contributed by atoms with Crippen molar-refractivity contribution in [3.05, 3.63) is 64.4 Å². The van der Waals surface area contributed by atoms with E-state index in [0.29, 0.717) is 22.9 Å². The minimum absolute atomic E-state index is 0.186. The molecule has 18 heavy (non-hydrogen) atoms. The topological polar surface area (TPSA) is 26.0 Å². The third kappa shape index (κ3) is 3.48. The fourth-order valence-corrected chi connectivity index (χ4v) is 2.56. The number of benzene rings is 2. The summed E-state index contributed by atoms with van der Waals surface area (Å²) in [6.07, 6.45) is 0. The molecule has 0 bridgehead atoms. The number of rotatable bonds is 4. The average molecular weight is 282 g/mol. The fourth-order valence-electron chi connectivity index (χ4n) is 1.56. The normalized spacial score (nSPS) is 10.6. The monoisotopic (exact) mass is 281 g/mol. The van der Waals surface area contributed by atoms with Gasteiger partial charge in [-0.3, -0.25) is 0 Å². The molecular weight excluding hydrogens is 269 g/mol. The van der Waals surface area contributed by atoms with E-state index in [-0.39, 0.29) is 5.82 Å². The van der Waals surface area contributed by atoms with Crippen LogP contribution in [0.2, 0.25) is 5.02 Å². The number of hydrogen-bond acceptors (Lipinski definition) is 2. The molecule has 2 rings (SSSR count). The third-order valence-electron chi connectivity index (χ3n) is 2.55. The molecular formula is C14H13ClFNS. The highest BCUT2D eigenvalue weighted by molar-refractivity contribution is 7.98. The van der Waals surface area contributed by atoms with Crippen LogP contribution in [0.3, 0.4) is 0 Å². The van der Waals surface area contributed by atoms with Crippen molar-refractivity contribution in [2.24, 2.45) is 5.73 Å². The van der Waals surface area contributed by atoms with E-state index in [2.05, 4.69) is 0 Å². The lowest BCUT2D eigenvalue weighted by molar-refractivity contribution is 0.616. The summed E-state index contributed by atoms with van der Waals surface area (Å²) in [5.41, 5.74) is 7.17. The van der Waals surface area contributed by atoms with Gasteiger partial charge in [0.05, 0.1) is 0 Å². The highest BCUT2D eigenvalue weighted by Gasteiger charge is 2.04. The Morgan fingerprint density at radius 2 is 1.83 bits per heavy atom. The van der Waals surface area contributed by atoms with Gasteiger partial charge >= 0.3 is 0 Å². The van der Waals surface area contributed by atoms with Gasteiger partial charge in [0.15, 0.2) is 0 Å². The van der Waals surface area contributed by atoms with E-state index in [9.17, 15) is 4.39 Å². The molecule has 0 spiro atoms. The lowest BCUT2D eigenvalue weighted by Crippen LogP contribution is -1.98. The van der Waals surface area contributed by atoms with Crippen molar-refractivity contribution in [2.45, 2.75) is 17.2 Å². The SMILES string of the molecule is NCc1ccc(F)c(CSc2ccc(Cl)cc2)c1. The molecule has 0 aromatic heterocycles. The van der Waals surface area contributed by atoms with Gasteiger partial charge in [-0.2, -0.15) is 0 Å². The molecule has 94 valence electrons. The predicted molar refractivity (Wildman–Crippen MR) is 75.3 cm³/mol. The summed E-state index contributed by atoms with van der Waals surface area (Å²) in [4.78, 5) is 1.07. The van der Waals surface area contributed by atoms with Gasteiger partial charge in [0.1, 0.15) is 5.82 Å². The second-order valence-corrected chi connectivity index (χ2v) is 5.36. The molecule has 0 unspecified atom stereocenters. The van der Waals surface area contributed by atoms with Gasteiger partial charge in [-0.25, -0.2) is 4.39 Å². The minimum atomic E-state index is -0.186. The Labute approximate surface area is 115 Å². The molecule has 0 fully saturated rings. The maximum Gasteiger partial charge on any atom is 0.127 e. The van der Waals surface area contributed by atoms with Crippen LogP contribution in [0, 0.1) is 5.82 Å². The molecule has 0 heterocycles. The lowest BCUT2D eigenvalue weighted by Gasteiger charge is -2.06. The van der Waals surface area contributed by atoms with Crippen molar-refractivity contribution >= 4 is 23.4 Å². The summed E-state index contributed by atoms with van der Waals surface area (Å²) >= 11 is 7.39. The zero-order chi connectivity index (χ0) is 13.0. The molecule has 0 amide bonds. The minimum Gasteiger partial charge on any atom is -0.326 e. The Balaban J connectivity index is 2.07. The number of thioether (sulfide) groups is 1. The van der Waals surface area contributed by atoms with Crippen LogP contribution in [0.4, 0.5) is 4.39 Å². The largest absolute Gasteiger partial charge is 0.326 e. The highest BCUT2D eigenvalue weighted by atomic mass is 35.5. The van der Waals surface area contributed by atoms with E-state index in [0.717, 1.165) is 10.5 Å². The Bertz CT molecular complexity index is 528. The highest BCUT2D eigenvalue weighted by Crippen LogP contribution is 2.25. The van der Waals surface area contributed by atoms with Crippen LogP contribution in [-0.4, -0.2) is 0 Å². The molecule has 0 atom stereocenters. The van der Waals surface area contributed by atoms with Crippen LogP contribution < -0.4 is 5.73 Å². The summed E-state index contributed by atoms with van der Waals surface area (Å²) in [6.45, 7) is 0.429. The van der Waals surface area contributed by atoms with Crippen molar-refractivity contribution in [3.63, 3.8) is 0 Å². The molecule has 2 aromatic rings. The van der Waals surface area contributed by atoms with Crippen LogP contribution in [0.5, 0.6) is 0 Å². The Morgan fingerprint density at radius 3 is 2.50 bits per heavy atom. The summed E-state index contributed by atoms with van der Waals surface area (Å²) in [5, 5.41) is 0.704. The zero-order valence-electron chi connectivity index (χ0n) is 9.70. The Kier molecular flexibility index (Phi) is 4.64. The van der Waals surface area contributed by atoms with E-state index in [1.54, 1.807) is 17.8 Å². The summed E-state index contributed by atoms with van der Waals surface area (Å²) in [7, 11) is 0. The molecule has 2 aromatic carbocycles. The first kappa shape index (κ1) is 13.4. The maximum absolute atomic E-state index is 13.6. The Morgan fingerprint density at radius 1 is 1.11 bits per heavy atom. The van der Waals surface area contributed by atoms with Crippen molar-refractivity contribution in [1.82, 2.24) is 0 Å². The zero-order valence-corrected chi connectivity index (χ0v) is 11.3. The van der Waals surface area contributed by atoms with Crippen molar-refractivity contribution in [1.29, 1.82) is 0 Å². The van der Waals surface area contributed by atoms with Crippen LogP contribution in [0.1, 0.15) is 11.1 Å². The van der Waals surface area contributed by atoms with Gasteiger partial charge in [0.25, 0.3) is 0 Å². The average Bonchev–Trinajstić information content (AvgIpc) is 2.40. The van der Waals surface area contributed by atoms with E-state index in [1.807, 2.05) is 30.3 Å². The van der Waals surface area contributed by atoms with Gasteiger partial charge < -0.3 is 5.73 Å². The van der Waals surface area contributed by atoms with Crippen LogP contribution >= 0.6 is 23.4 Å². The first-order valence-electron chi connectivity index (χ1n) is 5.55. The summed E-state index contributed by atoms with van der Waals surface area (Å²) in [6, 6.07) is 12.5. The van der Waals surface area contributed by atoms with Gasteiger partial charge in [-0.1, -0.05) is 23.7 Å². The molecule has 0 radical (unpaired) electrons. The van der Waals surface area contributed by atoms with E-state index in [4.69, 9.17) is 17.3 Å². The van der Waals surface area contributed by atoms with E-state index < -0.39 is 0 Å². The molecule has 0 aliphatic carbocycles. The van der Waals surface area contributed by atoms with Gasteiger partial charge in [-0.15, -0.1) is 11.8 Å². The molecule has 1 nitrogen and oxygen atoms in total. The van der Waals surface area contributed by atoms with Gasteiger partial charge in [0, 0.05) is 22.2 Å². The first-order valence-corrected chi connectivity index (χ1v) is 6.91. The van der Waals surface area contributed by atoms with Gasteiger partial charge in [-0.05, 0) is 41.5 Å². The molecule has 0 saturated carbocycles. The standard InChI is InChI=1S/C14H13ClFNS/c15-12-2-4-13(5-3-12)18-9-11-7-10(8-17)1-6-14(11)16/h1-7H,8-9,17H2. The van der Waals surface area contributed by atoms with Crippen molar-refractivity contribution < 1.29 is 4.39 Å². The number of nitrogens with two attached hydrogens (primary N) is 1. The molecule has 2 N–H and O–H groups in total. The molecule has 4 heteroatoms. The second kappa shape index (κ2) is 6.23. The van der Waals surface area contributed by atoms with Crippen molar-refractivity contribution in [2.75, 3.05) is 0 Å². The van der Waals surface area contributed by atoms with Crippen LogP contribution in [-0.2, 0) is 12.3 Å². The van der Waals surface area contributed by atoms with Gasteiger partial charge in [0.2, 0.25) is 0 Å². The smallest absolute Gasteiger partial charge is 0.127 e. The molecule has 0 aliphatic rings.